The van der Waals surface area contributed by atoms with Crippen LogP contribution in [0.2, 0.25) is 0 Å². The number of hydrogen-bond donors (Lipinski definition) is 4. The SMILES string of the molecule is CCC(=O)NCC(C)C(=O)C(O)C(O)CO. The van der Waals surface area contributed by atoms with Gasteiger partial charge in [0, 0.05) is 18.9 Å². The fraction of sp³-hybridized carbons (Fsp3) is 0.800. The first kappa shape index (κ1) is 15.0. The van der Waals surface area contributed by atoms with E-state index in [1.807, 2.05) is 0 Å². The molecule has 0 aliphatic carbocycles. The van der Waals surface area contributed by atoms with Gasteiger partial charge in [-0.2, -0.15) is 0 Å². The number of ketones is 1. The van der Waals surface area contributed by atoms with E-state index in [4.69, 9.17) is 10.2 Å². The van der Waals surface area contributed by atoms with Crippen LogP contribution in [0.3, 0.4) is 0 Å². The van der Waals surface area contributed by atoms with Crippen LogP contribution in [0, 0.1) is 5.92 Å². The van der Waals surface area contributed by atoms with Gasteiger partial charge in [0.05, 0.1) is 6.61 Å². The summed E-state index contributed by atoms with van der Waals surface area (Å²) in [6.07, 6.45) is -2.77. The van der Waals surface area contributed by atoms with E-state index >= 15 is 0 Å². The zero-order valence-corrected chi connectivity index (χ0v) is 9.51. The van der Waals surface area contributed by atoms with Crippen LogP contribution in [0.15, 0.2) is 0 Å². The standard InChI is InChI=1S/C10H19NO5/c1-3-8(14)11-4-6(2)9(15)10(16)7(13)5-12/h6-7,10,12-13,16H,3-5H2,1-2H3,(H,11,14). The van der Waals surface area contributed by atoms with Gasteiger partial charge in [0.1, 0.15) is 12.2 Å². The predicted molar refractivity (Wildman–Crippen MR) is 56.6 cm³/mol. The van der Waals surface area contributed by atoms with E-state index in [0.29, 0.717) is 6.42 Å². The molecular weight excluding hydrogens is 214 g/mol. The minimum Gasteiger partial charge on any atom is -0.394 e. The van der Waals surface area contributed by atoms with E-state index in [9.17, 15) is 14.7 Å². The van der Waals surface area contributed by atoms with Crippen LogP contribution >= 0.6 is 0 Å². The summed E-state index contributed by atoms with van der Waals surface area (Å²) in [6, 6.07) is 0. The highest BCUT2D eigenvalue weighted by Crippen LogP contribution is 2.04. The zero-order valence-electron chi connectivity index (χ0n) is 9.51. The summed E-state index contributed by atoms with van der Waals surface area (Å²) < 4.78 is 0. The van der Waals surface area contributed by atoms with E-state index in [2.05, 4.69) is 5.32 Å². The van der Waals surface area contributed by atoms with Crippen molar-refractivity contribution in [2.45, 2.75) is 32.5 Å². The van der Waals surface area contributed by atoms with Crippen LogP contribution in [0.1, 0.15) is 20.3 Å². The highest BCUT2D eigenvalue weighted by Gasteiger charge is 2.27. The van der Waals surface area contributed by atoms with Gasteiger partial charge in [-0.3, -0.25) is 9.59 Å². The molecule has 94 valence electrons. The Kier molecular flexibility index (Phi) is 6.87. The van der Waals surface area contributed by atoms with Crippen LogP contribution in [0.25, 0.3) is 0 Å². The second-order valence-corrected chi connectivity index (χ2v) is 3.66. The molecule has 0 aliphatic heterocycles. The molecule has 0 aromatic heterocycles. The van der Waals surface area contributed by atoms with E-state index in [1.165, 1.54) is 6.92 Å². The first-order chi connectivity index (χ1) is 7.43. The van der Waals surface area contributed by atoms with Gasteiger partial charge in [-0.25, -0.2) is 0 Å². The van der Waals surface area contributed by atoms with Gasteiger partial charge in [0.25, 0.3) is 0 Å². The molecule has 0 fully saturated rings. The van der Waals surface area contributed by atoms with Crippen molar-refractivity contribution >= 4 is 11.7 Å². The Labute approximate surface area is 94.3 Å². The fourth-order valence-electron chi connectivity index (χ4n) is 1.07. The van der Waals surface area contributed by atoms with Crippen molar-refractivity contribution in [1.29, 1.82) is 0 Å². The average molecular weight is 233 g/mol. The molecule has 3 unspecified atom stereocenters. The minimum atomic E-state index is -1.61. The monoisotopic (exact) mass is 233 g/mol. The number of Topliss-reactive ketones (excluding diaryl/α,β-unsaturated/α-hetero) is 1. The van der Waals surface area contributed by atoms with Crippen molar-refractivity contribution in [2.75, 3.05) is 13.2 Å². The Bertz CT molecular complexity index is 243. The molecule has 1 amide bonds. The van der Waals surface area contributed by atoms with Crippen molar-refractivity contribution in [3.05, 3.63) is 0 Å². The van der Waals surface area contributed by atoms with Crippen molar-refractivity contribution in [2.24, 2.45) is 5.92 Å². The molecule has 0 bridgehead atoms. The molecule has 6 heteroatoms. The topological polar surface area (TPSA) is 107 Å². The number of nitrogens with one attached hydrogen (secondary N) is 1. The van der Waals surface area contributed by atoms with Gasteiger partial charge < -0.3 is 20.6 Å². The van der Waals surface area contributed by atoms with Crippen molar-refractivity contribution in [3.8, 4) is 0 Å². The predicted octanol–water partition coefficient (Wildman–Crippen LogP) is -1.57. The minimum absolute atomic E-state index is 0.112. The fourth-order valence-corrected chi connectivity index (χ4v) is 1.07. The zero-order chi connectivity index (χ0) is 12.7. The average Bonchev–Trinajstić information content (AvgIpc) is 2.32. The number of carbonyl (C=O) groups is 2. The first-order valence-corrected chi connectivity index (χ1v) is 5.21. The second kappa shape index (κ2) is 7.32. The molecule has 3 atom stereocenters. The molecule has 0 saturated heterocycles. The molecule has 0 aromatic rings. The van der Waals surface area contributed by atoms with E-state index in [1.54, 1.807) is 6.92 Å². The number of hydrogen-bond acceptors (Lipinski definition) is 5. The molecule has 0 heterocycles. The van der Waals surface area contributed by atoms with E-state index < -0.39 is 30.5 Å². The third-order valence-electron chi connectivity index (χ3n) is 2.26. The van der Waals surface area contributed by atoms with Crippen molar-refractivity contribution < 1.29 is 24.9 Å². The molecule has 16 heavy (non-hydrogen) atoms. The Morgan fingerprint density at radius 3 is 2.31 bits per heavy atom. The number of aliphatic hydroxyl groups is 3. The lowest BCUT2D eigenvalue weighted by molar-refractivity contribution is -0.138. The summed E-state index contributed by atoms with van der Waals surface area (Å²) in [4.78, 5) is 22.4. The smallest absolute Gasteiger partial charge is 0.219 e. The molecule has 0 aromatic carbocycles. The van der Waals surface area contributed by atoms with Crippen molar-refractivity contribution in [1.82, 2.24) is 5.32 Å². The number of rotatable bonds is 7. The molecule has 0 rings (SSSR count). The quantitative estimate of drug-likeness (QED) is 0.425. The Hall–Kier alpha value is -0.980. The Morgan fingerprint density at radius 2 is 1.88 bits per heavy atom. The molecule has 0 radical (unpaired) electrons. The molecule has 4 N–H and O–H groups in total. The van der Waals surface area contributed by atoms with Crippen LogP contribution in [0.4, 0.5) is 0 Å². The maximum Gasteiger partial charge on any atom is 0.219 e. The van der Waals surface area contributed by atoms with Crippen LogP contribution in [-0.4, -0.2) is 52.4 Å². The van der Waals surface area contributed by atoms with E-state index in [-0.39, 0.29) is 12.5 Å². The third-order valence-corrected chi connectivity index (χ3v) is 2.26. The van der Waals surface area contributed by atoms with E-state index in [0.717, 1.165) is 0 Å². The highest BCUT2D eigenvalue weighted by molar-refractivity contribution is 5.86. The third kappa shape index (κ3) is 4.69. The first-order valence-electron chi connectivity index (χ1n) is 5.21. The van der Waals surface area contributed by atoms with Crippen LogP contribution in [-0.2, 0) is 9.59 Å². The molecular formula is C10H19NO5. The summed E-state index contributed by atoms with van der Waals surface area (Å²) in [5.41, 5.74) is 0. The molecule has 6 nitrogen and oxygen atoms in total. The van der Waals surface area contributed by atoms with Gasteiger partial charge in [-0.15, -0.1) is 0 Å². The summed E-state index contributed by atoms with van der Waals surface area (Å²) in [7, 11) is 0. The maximum atomic E-state index is 11.5. The normalized spacial score (nSPS) is 16.3. The molecule has 0 aliphatic rings. The summed E-state index contributed by atoms with van der Waals surface area (Å²) >= 11 is 0. The number of aliphatic hydroxyl groups excluding tert-OH is 3. The maximum absolute atomic E-state index is 11.5. The lowest BCUT2D eigenvalue weighted by atomic mass is 9.98. The summed E-state index contributed by atoms with van der Waals surface area (Å²) in [6.45, 7) is 2.65. The molecule has 0 saturated carbocycles. The molecule has 0 spiro atoms. The number of carbonyl (C=O) groups excluding carboxylic acids is 2. The Morgan fingerprint density at radius 1 is 1.31 bits per heavy atom. The van der Waals surface area contributed by atoms with Gasteiger partial charge in [0.2, 0.25) is 5.91 Å². The lowest BCUT2D eigenvalue weighted by Gasteiger charge is -2.18. The summed E-state index contributed by atoms with van der Waals surface area (Å²) in [5.74, 6) is -1.39. The van der Waals surface area contributed by atoms with Gasteiger partial charge in [-0.1, -0.05) is 13.8 Å². The largest absolute Gasteiger partial charge is 0.394 e. The van der Waals surface area contributed by atoms with Crippen LogP contribution < -0.4 is 5.32 Å². The van der Waals surface area contributed by atoms with Gasteiger partial charge in [0.15, 0.2) is 5.78 Å². The van der Waals surface area contributed by atoms with Crippen LogP contribution in [0.5, 0.6) is 0 Å². The Balaban J connectivity index is 4.12. The van der Waals surface area contributed by atoms with Gasteiger partial charge in [-0.05, 0) is 0 Å². The van der Waals surface area contributed by atoms with Crippen molar-refractivity contribution in [3.63, 3.8) is 0 Å². The highest BCUT2D eigenvalue weighted by atomic mass is 16.4. The summed E-state index contributed by atoms with van der Waals surface area (Å²) in [5, 5.41) is 29.4. The lowest BCUT2D eigenvalue weighted by Crippen LogP contribution is -2.42. The number of amides is 1. The second-order valence-electron chi connectivity index (χ2n) is 3.66. The van der Waals surface area contributed by atoms with Gasteiger partial charge >= 0.3 is 0 Å².